The number of carbonyl (C=O) groups excluding carboxylic acids is 2. The average molecular weight is 280 g/mol. The van der Waals surface area contributed by atoms with Crippen LogP contribution in [0.2, 0.25) is 0 Å². The van der Waals surface area contributed by atoms with Crippen LogP contribution in [0.15, 0.2) is 0 Å². The molecule has 0 saturated carbocycles. The molecule has 0 unspecified atom stereocenters. The number of nitrogens with zero attached hydrogens (tertiary/aromatic N) is 1. The normalized spacial score (nSPS) is 12.1. The number of ether oxygens (including phenoxy) is 1. The van der Waals surface area contributed by atoms with Crippen molar-refractivity contribution in [2.75, 3.05) is 6.61 Å². The van der Waals surface area contributed by atoms with Gasteiger partial charge in [-0.25, -0.2) is 4.79 Å². The molecule has 0 bridgehead atoms. The van der Waals surface area contributed by atoms with Crippen LogP contribution in [0.3, 0.4) is 0 Å². The van der Waals surface area contributed by atoms with Gasteiger partial charge in [0.25, 0.3) is 5.91 Å². The Bertz CT molecular complexity index is 518. The highest BCUT2D eigenvalue weighted by molar-refractivity contribution is 6.01. The molecule has 0 saturated heterocycles. The largest absolute Gasteiger partial charge is 0.461 e. The van der Waals surface area contributed by atoms with Crippen LogP contribution in [-0.2, 0) is 11.8 Å². The monoisotopic (exact) mass is 280 g/mol. The zero-order valence-corrected chi connectivity index (χ0v) is 13.2. The zero-order chi connectivity index (χ0) is 15.4. The van der Waals surface area contributed by atoms with Crippen LogP contribution in [0.25, 0.3) is 0 Å². The van der Waals surface area contributed by atoms with Crippen molar-refractivity contribution in [2.45, 2.75) is 47.1 Å². The molecule has 0 spiro atoms. The molecular formula is C15H24N2O3. The summed E-state index contributed by atoms with van der Waals surface area (Å²) in [5.41, 5.74) is 2.45. The van der Waals surface area contributed by atoms with Crippen molar-refractivity contribution >= 4 is 11.9 Å². The fourth-order valence-electron chi connectivity index (χ4n) is 2.20. The van der Waals surface area contributed by atoms with Crippen molar-refractivity contribution in [3.05, 3.63) is 22.5 Å². The zero-order valence-electron chi connectivity index (χ0n) is 13.2. The summed E-state index contributed by atoms with van der Waals surface area (Å²) in [6, 6.07) is 0.104. The van der Waals surface area contributed by atoms with Gasteiger partial charge in [0.15, 0.2) is 0 Å². The van der Waals surface area contributed by atoms with Gasteiger partial charge >= 0.3 is 5.97 Å². The first-order valence-electron chi connectivity index (χ1n) is 6.98. The molecule has 1 amide bonds. The van der Waals surface area contributed by atoms with E-state index in [1.807, 2.05) is 20.8 Å². The Morgan fingerprint density at radius 1 is 1.30 bits per heavy atom. The number of hydrogen-bond acceptors (Lipinski definition) is 3. The van der Waals surface area contributed by atoms with Crippen LogP contribution >= 0.6 is 0 Å². The quantitative estimate of drug-likeness (QED) is 0.842. The molecular weight excluding hydrogens is 256 g/mol. The predicted molar refractivity (Wildman–Crippen MR) is 78.1 cm³/mol. The van der Waals surface area contributed by atoms with E-state index in [9.17, 15) is 9.59 Å². The summed E-state index contributed by atoms with van der Waals surface area (Å²) >= 11 is 0. The first-order chi connectivity index (χ1) is 9.34. The summed E-state index contributed by atoms with van der Waals surface area (Å²) in [4.78, 5) is 24.3. The molecule has 0 aromatic carbocycles. The standard InChI is InChI=1S/C15H24N2O3/c1-7-9(3)16-14(18)12-10(4)13(15(19)20-8-2)17(6)11(12)5/h9H,7-8H2,1-6H3,(H,16,18)/t9-/m0/s1. The number of carbonyl (C=O) groups is 2. The number of nitrogens with one attached hydrogen (secondary N) is 1. The van der Waals surface area contributed by atoms with Crippen molar-refractivity contribution < 1.29 is 14.3 Å². The van der Waals surface area contributed by atoms with E-state index >= 15 is 0 Å². The molecule has 0 fully saturated rings. The number of rotatable bonds is 5. The van der Waals surface area contributed by atoms with Crippen LogP contribution < -0.4 is 5.32 Å². The predicted octanol–water partition coefficient (Wildman–Crippen LogP) is 2.35. The van der Waals surface area contributed by atoms with Gasteiger partial charge in [-0.3, -0.25) is 4.79 Å². The van der Waals surface area contributed by atoms with Gasteiger partial charge in [0.05, 0.1) is 12.2 Å². The number of esters is 1. The molecule has 1 heterocycles. The lowest BCUT2D eigenvalue weighted by atomic mass is 10.1. The maximum Gasteiger partial charge on any atom is 0.355 e. The Labute approximate surface area is 120 Å². The van der Waals surface area contributed by atoms with E-state index in [1.165, 1.54) is 0 Å². The minimum absolute atomic E-state index is 0.104. The SMILES string of the molecule is CCOC(=O)c1c(C)c(C(=O)N[C@@H](C)CC)c(C)n1C. The molecule has 112 valence electrons. The lowest BCUT2D eigenvalue weighted by Gasteiger charge is -2.11. The molecule has 1 aromatic heterocycles. The minimum Gasteiger partial charge on any atom is -0.461 e. The third kappa shape index (κ3) is 3.03. The molecule has 5 heteroatoms. The van der Waals surface area contributed by atoms with Crippen LogP contribution in [0.4, 0.5) is 0 Å². The number of hydrogen-bond donors (Lipinski definition) is 1. The molecule has 0 aliphatic carbocycles. The summed E-state index contributed by atoms with van der Waals surface area (Å²) in [7, 11) is 1.77. The molecule has 0 aliphatic heterocycles. The van der Waals surface area contributed by atoms with Crippen molar-refractivity contribution in [3.63, 3.8) is 0 Å². The third-order valence-corrected chi connectivity index (χ3v) is 3.62. The van der Waals surface area contributed by atoms with Crippen LogP contribution in [0.5, 0.6) is 0 Å². The van der Waals surface area contributed by atoms with Gasteiger partial charge in [-0.05, 0) is 39.7 Å². The van der Waals surface area contributed by atoms with Crippen LogP contribution in [0.1, 0.15) is 59.3 Å². The summed E-state index contributed by atoms with van der Waals surface area (Å²) < 4.78 is 6.77. The fourth-order valence-corrected chi connectivity index (χ4v) is 2.20. The molecule has 5 nitrogen and oxygen atoms in total. The molecule has 1 atom stereocenters. The first-order valence-corrected chi connectivity index (χ1v) is 6.98. The maximum absolute atomic E-state index is 12.3. The van der Waals surface area contributed by atoms with E-state index in [-0.39, 0.29) is 11.9 Å². The highest BCUT2D eigenvalue weighted by atomic mass is 16.5. The minimum atomic E-state index is -0.391. The second kappa shape index (κ2) is 6.59. The second-order valence-electron chi connectivity index (χ2n) is 5.00. The van der Waals surface area contributed by atoms with Gasteiger partial charge in [-0.15, -0.1) is 0 Å². The summed E-state index contributed by atoms with van der Waals surface area (Å²) in [5.74, 6) is -0.529. The average Bonchev–Trinajstić information content (AvgIpc) is 2.60. The van der Waals surface area contributed by atoms with Gasteiger partial charge in [-0.2, -0.15) is 0 Å². The van der Waals surface area contributed by atoms with Crippen molar-refractivity contribution in [2.24, 2.45) is 7.05 Å². The topological polar surface area (TPSA) is 60.3 Å². The van der Waals surface area contributed by atoms with E-state index in [4.69, 9.17) is 4.74 Å². The lowest BCUT2D eigenvalue weighted by Crippen LogP contribution is -2.32. The molecule has 0 radical (unpaired) electrons. The smallest absolute Gasteiger partial charge is 0.355 e. The molecule has 0 aliphatic rings. The van der Waals surface area contributed by atoms with Crippen LogP contribution in [-0.4, -0.2) is 29.1 Å². The van der Waals surface area contributed by atoms with Gasteiger partial charge in [0, 0.05) is 18.8 Å². The van der Waals surface area contributed by atoms with E-state index in [2.05, 4.69) is 5.32 Å². The Balaban J connectivity index is 3.20. The first kappa shape index (κ1) is 16.3. The highest BCUT2D eigenvalue weighted by Crippen LogP contribution is 2.22. The fraction of sp³-hybridized carbons (Fsp3) is 0.600. The van der Waals surface area contributed by atoms with E-state index < -0.39 is 5.97 Å². The molecule has 1 aromatic rings. The second-order valence-corrected chi connectivity index (χ2v) is 5.00. The van der Waals surface area contributed by atoms with Gasteiger partial charge in [0.2, 0.25) is 0 Å². The number of aromatic nitrogens is 1. The Morgan fingerprint density at radius 3 is 2.40 bits per heavy atom. The maximum atomic E-state index is 12.3. The number of amides is 1. The Kier molecular flexibility index (Phi) is 5.36. The molecule has 20 heavy (non-hydrogen) atoms. The lowest BCUT2D eigenvalue weighted by molar-refractivity contribution is 0.0514. The summed E-state index contributed by atoms with van der Waals surface area (Å²) in [5, 5.41) is 2.93. The van der Waals surface area contributed by atoms with E-state index in [0.717, 1.165) is 12.1 Å². The Morgan fingerprint density at radius 2 is 1.90 bits per heavy atom. The summed E-state index contributed by atoms with van der Waals surface area (Å²) in [6.07, 6.45) is 0.863. The molecule has 1 N–H and O–H groups in total. The van der Waals surface area contributed by atoms with Crippen molar-refractivity contribution in [1.29, 1.82) is 0 Å². The van der Waals surface area contributed by atoms with Gasteiger partial charge in [-0.1, -0.05) is 6.92 Å². The van der Waals surface area contributed by atoms with Crippen LogP contribution in [0, 0.1) is 13.8 Å². The third-order valence-electron chi connectivity index (χ3n) is 3.62. The highest BCUT2D eigenvalue weighted by Gasteiger charge is 2.25. The van der Waals surface area contributed by atoms with E-state index in [0.29, 0.717) is 23.4 Å². The summed E-state index contributed by atoms with van der Waals surface area (Å²) in [6.45, 7) is 9.67. The van der Waals surface area contributed by atoms with Gasteiger partial charge < -0.3 is 14.6 Å². The van der Waals surface area contributed by atoms with Crippen molar-refractivity contribution in [3.8, 4) is 0 Å². The van der Waals surface area contributed by atoms with E-state index in [1.54, 1.807) is 25.5 Å². The Hall–Kier alpha value is -1.78. The van der Waals surface area contributed by atoms with Gasteiger partial charge in [0.1, 0.15) is 5.69 Å². The molecule has 1 rings (SSSR count). The van der Waals surface area contributed by atoms with Crippen molar-refractivity contribution in [1.82, 2.24) is 9.88 Å².